The van der Waals surface area contributed by atoms with E-state index < -0.39 is 11.7 Å². The quantitative estimate of drug-likeness (QED) is 0.757. The highest BCUT2D eigenvalue weighted by atomic mass is 32.1. The Morgan fingerprint density at radius 3 is 2.81 bits per heavy atom. The Labute approximate surface area is 153 Å². The van der Waals surface area contributed by atoms with Crippen molar-refractivity contribution in [2.45, 2.75) is 24.9 Å². The minimum absolute atomic E-state index is 0.0272. The molecule has 2 aliphatic heterocycles. The average Bonchev–Trinajstić information content (AvgIpc) is 3.20. The zero-order valence-electron chi connectivity index (χ0n) is 13.9. The maximum atomic E-state index is 13.0. The standard InChI is InChI=1S/C16H18F3N5OS/c17-16(18,19)12-3-4-13-20-21-14(24(13)9-12)11-2-1-5-22(8-11)10-23-6-7-25-15(23)26/h3-4,9,11H,1-2,5-8,10H2/t11-/m1/s1. The SMILES string of the molecule is FC(F)(F)c1ccc2nnc([C@@H]3CCCN(CN4CCOC4=S)C3)n2c1. The van der Waals surface area contributed by atoms with Crippen molar-refractivity contribution in [1.29, 1.82) is 0 Å². The van der Waals surface area contributed by atoms with E-state index in [1.54, 1.807) is 0 Å². The molecule has 2 fully saturated rings. The Balaban J connectivity index is 1.55. The van der Waals surface area contributed by atoms with E-state index in [0.29, 0.717) is 36.5 Å². The predicted octanol–water partition coefficient (Wildman–Crippen LogP) is 2.50. The number of likely N-dealkylation sites (tertiary alicyclic amines) is 1. The van der Waals surface area contributed by atoms with Gasteiger partial charge in [0.1, 0.15) is 12.4 Å². The number of pyridine rings is 1. The van der Waals surface area contributed by atoms with Crippen LogP contribution in [0.1, 0.15) is 30.1 Å². The molecule has 1 atom stereocenters. The molecule has 0 bridgehead atoms. The van der Waals surface area contributed by atoms with Gasteiger partial charge in [-0.1, -0.05) is 0 Å². The van der Waals surface area contributed by atoms with Crippen LogP contribution in [0.25, 0.3) is 5.65 Å². The largest absolute Gasteiger partial charge is 0.469 e. The first-order chi connectivity index (χ1) is 12.4. The number of thiocarbonyl (C=S) groups is 1. The number of nitrogens with zero attached hydrogens (tertiary/aromatic N) is 5. The van der Waals surface area contributed by atoms with E-state index in [1.807, 2.05) is 4.90 Å². The summed E-state index contributed by atoms with van der Waals surface area (Å²) in [6.45, 7) is 3.66. The molecule has 26 heavy (non-hydrogen) atoms. The third-order valence-electron chi connectivity index (χ3n) is 4.84. The van der Waals surface area contributed by atoms with E-state index in [9.17, 15) is 13.2 Å². The maximum Gasteiger partial charge on any atom is 0.417 e. The summed E-state index contributed by atoms with van der Waals surface area (Å²) >= 11 is 5.17. The van der Waals surface area contributed by atoms with E-state index in [1.165, 1.54) is 10.5 Å². The number of hydrogen-bond acceptors (Lipinski definition) is 5. The van der Waals surface area contributed by atoms with Crippen LogP contribution >= 0.6 is 12.2 Å². The van der Waals surface area contributed by atoms with Gasteiger partial charge >= 0.3 is 6.18 Å². The summed E-state index contributed by atoms with van der Waals surface area (Å²) in [6, 6.07) is 2.40. The van der Waals surface area contributed by atoms with Crippen molar-refractivity contribution >= 4 is 23.0 Å². The van der Waals surface area contributed by atoms with Crippen LogP contribution in [-0.2, 0) is 10.9 Å². The van der Waals surface area contributed by atoms with Gasteiger partial charge in [-0.3, -0.25) is 9.30 Å². The highest BCUT2D eigenvalue weighted by Crippen LogP contribution is 2.31. The number of aromatic nitrogens is 3. The van der Waals surface area contributed by atoms with E-state index in [-0.39, 0.29) is 5.92 Å². The molecule has 0 N–H and O–H groups in total. The van der Waals surface area contributed by atoms with Crippen LogP contribution in [0, 0.1) is 0 Å². The third kappa shape index (κ3) is 3.35. The monoisotopic (exact) mass is 385 g/mol. The molecular formula is C16H18F3N5OS. The highest BCUT2D eigenvalue weighted by molar-refractivity contribution is 7.80. The maximum absolute atomic E-state index is 13.0. The molecule has 2 saturated heterocycles. The topological polar surface area (TPSA) is 45.9 Å². The zero-order valence-corrected chi connectivity index (χ0v) is 14.8. The number of hydrogen-bond donors (Lipinski definition) is 0. The second-order valence-electron chi connectivity index (χ2n) is 6.64. The normalized spacial score (nSPS) is 22.2. The molecule has 2 aromatic heterocycles. The van der Waals surface area contributed by atoms with Crippen LogP contribution in [-0.4, -0.2) is 62.5 Å². The molecule has 0 aliphatic carbocycles. The van der Waals surface area contributed by atoms with E-state index >= 15 is 0 Å². The molecule has 0 unspecified atom stereocenters. The molecule has 2 aromatic rings. The second-order valence-corrected chi connectivity index (χ2v) is 6.99. The van der Waals surface area contributed by atoms with Gasteiger partial charge in [0.2, 0.25) is 0 Å². The number of fused-ring (bicyclic) bond motifs is 1. The van der Waals surface area contributed by atoms with Gasteiger partial charge in [-0.25, -0.2) is 0 Å². The molecule has 2 aliphatic rings. The molecule has 4 rings (SSSR count). The van der Waals surface area contributed by atoms with Crippen LogP contribution in [0.15, 0.2) is 18.3 Å². The minimum Gasteiger partial charge on any atom is -0.469 e. The van der Waals surface area contributed by atoms with Crippen molar-refractivity contribution < 1.29 is 17.9 Å². The number of halogens is 3. The summed E-state index contributed by atoms with van der Waals surface area (Å²) in [6.07, 6.45) is -1.48. The average molecular weight is 385 g/mol. The van der Waals surface area contributed by atoms with Crippen LogP contribution < -0.4 is 0 Å². The molecule has 10 heteroatoms. The van der Waals surface area contributed by atoms with Crippen molar-refractivity contribution in [3.05, 3.63) is 29.7 Å². The molecule has 0 radical (unpaired) electrons. The van der Waals surface area contributed by atoms with Crippen LogP contribution in [0.5, 0.6) is 0 Å². The summed E-state index contributed by atoms with van der Waals surface area (Å²) in [7, 11) is 0. The lowest BCUT2D eigenvalue weighted by atomic mass is 9.97. The first kappa shape index (κ1) is 17.5. The highest BCUT2D eigenvalue weighted by Gasteiger charge is 2.32. The number of piperidine rings is 1. The van der Waals surface area contributed by atoms with Crippen molar-refractivity contribution in [3.63, 3.8) is 0 Å². The Bertz CT molecular complexity index is 824. The molecule has 0 aromatic carbocycles. The van der Waals surface area contributed by atoms with Gasteiger partial charge < -0.3 is 9.64 Å². The molecule has 140 valence electrons. The summed E-state index contributed by atoms with van der Waals surface area (Å²) in [4.78, 5) is 4.24. The van der Waals surface area contributed by atoms with Gasteiger partial charge in [0.15, 0.2) is 5.65 Å². The fourth-order valence-corrected chi connectivity index (χ4v) is 3.78. The smallest absolute Gasteiger partial charge is 0.417 e. The first-order valence-electron chi connectivity index (χ1n) is 8.48. The van der Waals surface area contributed by atoms with E-state index in [2.05, 4.69) is 15.1 Å². The van der Waals surface area contributed by atoms with Crippen molar-refractivity contribution in [3.8, 4) is 0 Å². The first-order valence-corrected chi connectivity index (χ1v) is 8.88. The molecule has 4 heterocycles. The van der Waals surface area contributed by atoms with Crippen LogP contribution in [0.2, 0.25) is 0 Å². The fraction of sp³-hybridized carbons (Fsp3) is 0.562. The molecule has 0 spiro atoms. The lowest BCUT2D eigenvalue weighted by Gasteiger charge is -2.34. The number of rotatable bonds is 3. The Morgan fingerprint density at radius 2 is 2.08 bits per heavy atom. The summed E-state index contributed by atoms with van der Waals surface area (Å²) in [5.41, 5.74) is -0.266. The lowest BCUT2D eigenvalue weighted by molar-refractivity contribution is -0.137. The Morgan fingerprint density at radius 1 is 1.23 bits per heavy atom. The lowest BCUT2D eigenvalue weighted by Crippen LogP contribution is -2.43. The third-order valence-corrected chi connectivity index (χ3v) is 5.22. The summed E-state index contributed by atoms with van der Waals surface area (Å²) in [5, 5.41) is 8.72. The molecule has 0 amide bonds. The van der Waals surface area contributed by atoms with Gasteiger partial charge in [0, 0.05) is 18.7 Å². The predicted molar refractivity (Wildman–Crippen MR) is 91.7 cm³/mol. The van der Waals surface area contributed by atoms with Crippen molar-refractivity contribution in [2.75, 3.05) is 32.9 Å². The van der Waals surface area contributed by atoms with Crippen molar-refractivity contribution in [2.24, 2.45) is 0 Å². The fourth-order valence-electron chi connectivity index (χ4n) is 3.54. The molecule has 0 saturated carbocycles. The summed E-state index contributed by atoms with van der Waals surface area (Å²) in [5.74, 6) is 0.607. The summed E-state index contributed by atoms with van der Waals surface area (Å²) < 4.78 is 45.9. The minimum atomic E-state index is -4.39. The second kappa shape index (κ2) is 6.66. The Hall–Kier alpha value is -1.94. The van der Waals surface area contributed by atoms with Crippen molar-refractivity contribution in [1.82, 2.24) is 24.4 Å². The molecule has 6 nitrogen and oxygen atoms in total. The van der Waals surface area contributed by atoms with Crippen LogP contribution in [0.3, 0.4) is 0 Å². The van der Waals surface area contributed by atoms with Gasteiger partial charge in [0.05, 0.1) is 18.8 Å². The van der Waals surface area contributed by atoms with Gasteiger partial charge in [0.25, 0.3) is 5.17 Å². The van der Waals surface area contributed by atoms with Gasteiger partial charge in [-0.15, -0.1) is 10.2 Å². The number of ether oxygens (including phenoxy) is 1. The van der Waals surface area contributed by atoms with E-state index in [0.717, 1.165) is 38.2 Å². The van der Waals surface area contributed by atoms with Crippen LogP contribution in [0.4, 0.5) is 13.2 Å². The number of alkyl halides is 3. The zero-order chi connectivity index (χ0) is 18.3. The Kier molecular flexibility index (Phi) is 4.47. The van der Waals surface area contributed by atoms with Gasteiger partial charge in [-0.05, 0) is 43.7 Å². The molecular weight excluding hydrogens is 367 g/mol. The van der Waals surface area contributed by atoms with E-state index in [4.69, 9.17) is 17.0 Å². The van der Waals surface area contributed by atoms with Gasteiger partial charge in [-0.2, -0.15) is 13.2 Å².